The summed E-state index contributed by atoms with van der Waals surface area (Å²) < 4.78 is 52.4. The van der Waals surface area contributed by atoms with Crippen LogP contribution in [0.4, 0.5) is 4.39 Å². The smallest absolute Gasteiger partial charge is 0.459 e. The van der Waals surface area contributed by atoms with Crippen LogP contribution in [0.2, 0.25) is 0 Å². The monoisotopic (exact) mass is 571 g/mol. The maximum absolute atomic E-state index is 15.6. The van der Waals surface area contributed by atoms with E-state index >= 15 is 4.39 Å². The van der Waals surface area contributed by atoms with Crippen LogP contribution in [0.25, 0.3) is 11.2 Å². The molecule has 1 unspecified atom stereocenters. The molecule has 38 heavy (non-hydrogen) atoms. The summed E-state index contributed by atoms with van der Waals surface area (Å²) in [6.07, 6.45) is -2.50. The number of hydrogen-bond donors (Lipinski definition) is 2. The van der Waals surface area contributed by atoms with Crippen LogP contribution in [0.5, 0.6) is 5.75 Å². The Labute approximate surface area is 223 Å². The Kier molecular flexibility index (Phi) is 8.36. The van der Waals surface area contributed by atoms with Gasteiger partial charge in [0.2, 0.25) is 0 Å². The number of fused-ring (bicyclic) bond motifs is 1. The van der Waals surface area contributed by atoms with Gasteiger partial charge < -0.3 is 19.1 Å². The first-order valence-corrected chi connectivity index (χ1v) is 13.7. The highest BCUT2D eigenvalue weighted by atomic mass is 35.5. The Morgan fingerprint density at radius 3 is 2.71 bits per heavy atom. The van der Waals surface area contributed by atoms with Crippen molar-refractivity contribution in [3.63, 3.8) is 0 Å². The van der Waals surface area contributed by atoms with Crippen LogP contribution >= 0.6 is 19.3 Å². The van der Waals surface area contributed by atoms with Gasteiger partial charge in [-0.15, -0.1) is 0 Å². The van der Waals surface area contributed by atoms with E-state index in [1.807, 2.05) is 0 Å². The summed E-state index contributed by atoms with van der Waals surface area (Å²) in [6, 6.07) is 7.00. The van der Waals surface area contributed by atoms with Gasteiger partial charge in [0, 0.05) is 0 Å². The van der Waals surface area contributed by atoms with Gasteiger partial charge in [-0.25, -0.2) is 23.9 Å². The molecule has 1 fully saturated rings. The maximum Gasteiger partial charge on any atom is 0.459 e. The summed E-state index contributed by atoms with van der Waals surface area (Å²) in [5.41, 5.74) is 0.615. The predicted molar refractivity (Wildman–Crippen MR) is 134 cm³/mol. The largest absolute Gasteiger partial charge is 0.462 e. The Hall–Kier alpha value is -2.67. The van der Waals surface area contributed by atoms with Crippen molar-refractivity contribution < 1.29 is 37.4 Å². The van der Waals surface area contributed by atoms with Gasteiger partial charge in [0.05, 0.1) is 25.2 Å². The number of aliphatic hydroxyl groups is 1. The summed E-state index contributed by atoms with van der Waals surface area (Å²) in [5, 5.41) is 10.4. The summed E-state index contributed by atoms with van der Waals surface area (Å²) in [7, 11) is -4.29. The number of benzene rings is 1. The second kappa shape index (κ2) is 11.2. The van der Waals surface area contributed by atoms with Crippen molar-refractivity contribution in [3.8, 4) is 5.75 Å². The average Bonchev–Trinajstić information content (AvgIpc) is 3.35. The average molecular weight is 572 g/mol. The standard InChI is InChI=1S/C23H28ClFN5O7P/c1-13(2)35-21(32)14(3)29-38(33,37-16-8-6-5-7-9-16)34-11-18-19(31)23(24,25)22(36-18)30-12-27-17-10-26-15(4)28-20(17)30/h5-10,12-14,18-19,22,31H,11H2,1-4H3,(H,29,33)/t14-,18-,19-,22-,23-,38?/m1/s1. The predicted octanol–water partition coefficient (Wildman–Crippen LogP) is 3.43. The van der Waals surface area contributed by atoms with Crippen LogP contribution in [0.3, 0.4) is 0 Å². The fourth-order valence-corrected chi connectivity index (χ4v) is 5.49. The summed E-state index contributed by atoms with van der Waals surface area (Å²) >= 11 is 6.10. The minimum Gasteiger partial charge on any atom is -0.462 e. The highest BCUT2D eigenvalue weighted by Crippen LogP contribution is 2.49. The van der Waals surface area contributed by atoms with E-state index in [4.69, 9.17) is 30.1 Å². The van der Waals surface area contributed by atoms with Crippen LogP contribution < -0.4 is 9.61 Å². The van der Waals surface area contributed by atoms with Crippen molar-refractivity contribution in [3.05, 3.63) is 48.7 Å². The first kappa shape index (κ1) is 28.3. The zero-order valence-corrected chi connectivity index (χ0v) is 22.7. The molecule has 0 amide bonds. The Bertz CT molecular complexity index is 1330. The second-order valence-corrected chi connectivity index (χ2v) is 11.2. The third-order valence-corrected chi connectivity index (χ3v) is 7.56. The number of imidazole rings is 1. The van der Waals surface area contributed by atoms with Crippen LogP contribution in [-0.2, 0) is 23.4 Å². The lowest BCUT2D eigenvalue weighted by molar-refractivity contribution is -0.149. The third kappa shape index (κ3) is 6.14. The minimum atomic E-state index is -4.29. The molecule has 206 valence electrons. The molecule has 2 aromatic heterocycles. The number of para-hydroxylation sites is 1. The molecule has 15 heteroatoms. The lowest BCUT2D eigenvalue weighted by Gasteiger charge is -2.25. The number of carbonyl (C=O) groups is 1. The van der Waals surface area contributed by atoms with E-state index in [-0.39, 0.29) is 11.4 Å². The zero-order chi connectivity index (χ0) is 27.7. The molecule has 0 radical (unpaired) electrons. The van der Waals surface area contributed by atoms with Gasteiger partial charge in [-0.3, -0.25) is 13.9 Å². The highest BCUT2D eigenvalue weighted by Gasteiger charge is 2.58. The maximum atomic E-state index is 15.6. The van der Waals surface area contributed by atoms with Gasteiger partial charge >= 0.3 is 13.7 Å². The van der Waals surface area contributed by atoms with E-state index in [9.17, 15) is 14.5 Å². The first-order chi connectivity index (χ1) is 17.9. The van der Waals surface area contributed by atoms with Gasteiger partial charge in [0.15, 0.2) is 11.9 Å². The summed E-state index contributed by atoms with van der Waals surface area (Å²) in [4.78, 5) is 24.7. The van der Waals surface area contributed by atoms with E-state index in [0.29, 0.717) is 11.3 Å². The van der Waals surface area contributed by atoms with Crippen LogP contribution in [-0.4, -0.2) is 66.7 Å². The van der Waals surface area contributed by atoms with Crippen LogP contribution in [0.15, 0.2) is 42.9 Å². The Balaban J connectivity index is 1.54. The van der Waals surface area contributed by atoms with Gasteiger partial charge in [-0.05, 0) is 39.8 Å². The lowest BCUT2D eigenvalue weighted by Crippen LogP contribution is -2.40. The number of nitrogens with one attached hydrogen (secondary N) is 1. The molecular weight excluding hydrogens is 544 g/mol. The molecule has 12 nitrogen and oxygen atoms in total. The van der Waals surface area contributed by atoms with Crippen molar-refractivity contribution in [2.24, 2.45) is 0 Å². The van der Waals surface area contributed by atoms with Crippen molar-refractivity contribution in [1.29, 1.82) is 0 Å². The Morgan fingerprint density at radius 2 is 2.03 bits per heavy atom. The number of carbonyl (C=O) groups excluding carboxylic acids is 1. The molecular formula is C23H28ClFN5O7P. The number of aryl methyl sites for hydroxylation is 1. The number of hydrogen-bond acceptors (Lipinski definition) is 10. The number of rotatable bonds is 10. The second-order valence-electron chi connectivity index (χ2n) is 8.96. The molecule has 1 aliphatic heterocycles. The number of aromatic nitrogens is 4. The number of alkyl halides is 2. The normalized spacial score (nSPS) is 25.8. The number of halogens is 2. The van der Waals surface area contributed by atoms with Crippen molar-refractivity contribution >= 4 is 36.5 Å². The Morgan fingerprint density at radius 1 is 1.32 bits per heavy atom. The van der Waals surface area contributed by atoms with E-state index in [2.05, 4.69) is 20.0 Å². The molecule has 0 bridgehead atoms. The molecule has 3 aromatic rings. The lowest BCUT2D eigenvalue weighted by atomic mass is 10.1. The SMILES string of the molecule is Cc1ncc2ncn([C@@H]3O[C@H](COP(=O)(N[C@H](C)C(=O)OC(C)C)Oc4ccccc4)[C@@H](O)[C@]3(F)Cl)c2n1. The molecule has 2 N–H and O–H groups in total. The van der Waals surface area contributed by atoms with E-state index < -0.39 is 56.0 Å². The minimum absolute atomic E-state index is 0.177. The summed E-state index contributed by atoms with van der Waals surface area (Å²) in [6.45, 7) is 5.80. The topological polar surface area (TPSA) is 147 Å². The zero-order valence-electron chi connectivity index (χ0n) is 21.0. The van der Waals surface area contributed by atoms with Crippen molar-refractivity contribution in [2.75, 3.05) is 6.61 Å². The van der Waals surface area contributed by atoms with Crippen molar-refractivity contribution in [2.45, 2.75) is 63.4 Å². The fourth-order valence-electron chi connectivity index (χ4n) is 3.70. The molecule has 3 heterocycles. The molecule has 1 aromatic carbocycles. The van der Waals surface area contributed by atoms with Gasteiger partial charge in [0.25, 0.3) is 5.13 Å². The van der Waals surface area contributed by atoms with Gasteiger partial charge in [-0.2, -0.15) is 5.09 Å². The number of nitrogens with zero attached hydrogens (tertiary/aromatic N) is 4. The fraction of sp³-hybridized carbons (Fsp3) is 0.478. The molecule has 0 saturated carbocycles. The number of aliphatic hydroxyl groups excluding tert-OH is 1. The van der Waals surface area contributed by atoms with Gasteiger partial charge in [-0.1, -0.05) is 29.8 Å². The van der Waals surface area contributed by atoms with Gasteiger partial charge in [0.1, 0.15) is 35.3 Å². The molecule has 0 aliphatic carbocycles. The summed E-state index contributed by atoms with van der Waals surface area (Å²) in [5.74, 6) is -0.104. The van der Waals surface area contributed by atoms with Crippen LogP contribution in [0, 0.1) is 6.92 Å². The van der Waals surface area contributed by atoms with E-state index in [1.54, 1.807) is 39.0 Å². The molecule has 4 rings (SSSR count). The third-order valence-electron chi connectivity index (χ3n) is 5.50. The van der Waals surface area contributed by atoms with Crippen molar-refractivity contribution in [1.82, 2.24) is 24.6 Å². The van der Waals surface area contributed by atoms with Crippen LogP contribution in [0.1, 0.15) is 32.8 Å². The van der Waals surface area contributed by atoms with E-state index in [0.717, 1.165) is 0 Å². The molecule has 0 spiro atoms. The molecule has 1 saturated heterocycles. The number of ether oxygens (including phenoxy) is 2. The number of esters is 1. The highest BCUT2D eigenvalue weighted by molar-refractivity contribution is 7.52. The molecule has 1 aliphatic rings. The quantitative estimate of drug-likeness (QED) is 0.209. The first-order valence-electron chi connectivity index (χ1n) is 11.7. The molecule has 6 atom stereocenters. The van der Waals surface area contributed by atoms with E-state index in [1.165, 1.54) is 36.1 Å².